The van der Waals surface area contributed by atoms with Crippen LogP contribution < -0.4 is 5.32 Å². The third-order valence-electron chi connectivity index (χ3n) is 4.48. The maximum absolute atomic E-state index is 9.44. The van der Waals surface area contributed by atoms with Gasteiger partial charge in [-0.15, -0.1) is 0 Å². The Hall–Kier alpha value is -1.80. The molecule has 3 rings (SSSR count). The highest BCUT2D eigenvalue weighted by atomic mass is 16.3. The van der Waals surface area contributed by atoms with E-state index in [1.807, 2.05) is 12.1 Å². The predicted octanol–water partition coefficient (Wildman–Crippen LogP) is 4.51. The van der Waals surface area contributed by atoms with Crippen LogP contribution in [0, 0.1) is 0 Å². The molecule has 0 saturated carbocycles. The molecular weight excluding hydrogens is 258 g/mol. The minimum Gasteiger partial charge on any atom is -0.508 e. The summed E-state index contributed by atoms with van der Waals surface area (Å²) in [4.78, 5) is 0. The Bertz CT molecular complexity index is 591. The fourth-order valence-corrected chi connectivity index (χ4v) is 3.33. The van der Waals surface area contributed by atoms with Crippen LogP contribution in [0.4, 0.5) is 0 Å². The Morgan fingerprint density at radius 2 is 1.90 bits per heavy atom. The molecule has 2 unspecified atom stereocenters. The summed E-state index contributed by atoms with van der Waals surface area (Å²) in [7, 11) is 0. The van der Waals surface area contributed by atoms with Crippen molar-refractivity contribution in [3.05, 3.63) is 65.2 Å². The number of fused-ring (bicyclic) bond motifs is 1. The van der Waals surface area contributed by atoms with Gasteiger partial charge in [-0.25, -0.2) is 0 Å². The highest BCUT2D eigenvalue weighted by Gasteiger charge is 2.22. The van der Waals surface area contributed by atoms with Gasteiger partial charge in [-0.05, 0) is 54.5 Å². The van der Waals surface area contributed by atoms with Gasteiger partial charge in [-0.1, -0.05) is 43.3 Å². The van der Waals surface area contributed by atoms with Gasteiger partial charge in [0.05, 0.1) is 0 Å². The molecule has 0 radical (unpaired) electrons. The molecule has 0 spiro atoms. The van der Waals surface area contributed by atoms with Gasteiger partial charge in [0.1, 0.15) is 5.75 Å². The quantitative estimate of drug-likeness (QED) is 0.864. The highest BCUT2D eigenvalue weighted by Crippen LogP contribution is 2.32. The number of aryl methyl sites for hydroxylation is 1. The van der Waals surface area contributed by atoms with Crippen LogP contribution in [0.1, 0.15) is 55.0 Å². The molecule has 2 N–H and O–H groups in total. The normalized spacial score (nSPS) is 19.0. The average molecular weight is 281 g/mol. The number of phenols is 1. The second-order valence-corrected chi connectivity index (χ2v) is 5.86. The van der Waals surface area contributed by atoms with Gasteiger partial charge in [-0.2, -0.15) is 0 Å². The Morgan fingerprint density at radius 3 is 2.67 bits per heavy atom. The van der Waals surface area contributed by atoms with E-state index in [9.17, 15) is 5.11 Å². The molecule has 2 aromatic rings. The largest absolute Gasteiger partial charge is 0.508 e. The second kappa shape index (κ2) is 6.31. The number of phenolic OH excluding ortho intramolecular Hbond substituents is 1. The summed E-state index contributed by atoms with van der Waals surface area (Å²) in [5.41, 5.74) is 4.20. The minimum absolute atomic E-state index is 0.330. The maximum Gasteiger partial charge on any atom is 0.115 e. The SMILES string of the molecule is CCC(NC1CCCc2ccccc21)c1ccc(O)cc1. The molecule has 2 nitrogen and oxygen atoms in total. The van der Waals surface area contributed by atoms with Crippen LogP contribution in [0.25, 0.3) is 0 Å². The number of hydrogen-bond acceptors (Lipinski definition) is 2. The van der Waals surface area contributed by atoms with Crippen molar-refractivity contribution in [1.29, 1.82) is 0 Å². The number of rotatable bonds is 4. The van der Waals surface area contributed by atoms with E-state index in [-0.39, 0.29) is 0 Å². The summed E-state index contributed by atoms with van der Waals surface area (Å²) >= 11 is 0. The van der Waals surface area contributed by atoms with Crippen LogP contribution >= 0.6 is 0 Å². The average Bonchev–Trinajstić information content (AvgIpc) is 2.54. The first kappa shape index (κ1) is 14.2. The topological polar surface area (TPSA) is 32.3 Å². The first-order chi connectivity index (χ1) is 10.3. The molecule has 0 heterocycles. The maximum atomic E-state index is 9.44. The zero-order valence-corrected chi connectivity index (χ0v) is 12.5. The molecule has 2 atom stereocenters. The standard InChI is InChI=1S/C19H23NO/c1-2-18(15-10-12-16(21)13-11-15)20-19-9-5-7-14-6-3-4-8-17(14)19/h3-4,6,8,10-13,18-21H,2,5,7,9H2,1H3. The van der Waals surface area contributed by atoms with Crippen molar-refractivity contribution in [2.75, 3.05) is 0 Å². The van der Waals surface area contributed by atoms with E-state index in [0.717, 1.165) is 6.42 Å². The number of aromatic hydroxyl groups is 1. The third kappa shape index (κ3) is 3.11. The number of nitrogens with one attached hydrogen (secondary N) is 1. The van der Waals surface area contributed by atoms with E-state index < -0.39 is 0 Å². The molecule has 2 aromatic carbocycles. The molecule has 2 heteroatoms. The summed E-state index contributed by atoms with van der Waals surface area (Å²) < 4.78 is 0. The Balaban J connectivity index is 1.80. The zero-order chi connectivity index (χ0) is 14.7. The first-order valence-electron chi connectivity index (χ1n) is 7.90. The predicted molar refractivity (Wildman–Crippen MR) is 86.4 cm³/mol. The van der Waals surface area contributed by atoms with Crippen molar-refractivity contribution < 1.29 is 5.11 Å². The Kier molecular flexibility index (Phi) is 4.26. The van der Waals surface area contributed by atoms with Crippen molar-refractivity contribution in [3.8, 4) is 5.75 Å². The van der Waals surface area contributed by atoms with Gasteiger partial charge in [0, 0.05) is 12.1 Å². The highest BCUT2D eigenvalue weighted by molar-refractivity contribution is 5.33. The molecule has 0 saturated heterocycles. The van der Waals surface area contributed by atoms with Crippen LogP contribution in [0.5, 0.6) is 5.75 Å². The molecule has 1 aliphatic rings. The van der Waals surface area contributed by atoms with Crippen molar-refractivity contribution in [2.45, 2.75) is 44.7 Å². The summed E-state index contributed by atoms with van der Waals surface area (Å²) in [5, 5.41) is 13.3. The van der Waals surface area contributed by atoms with E-state index in [1.54, 1.807) is 12.1 Å². The van der Waals surface area contributed by atoms with Crippen LogP contribution in [0.3, 0.4) is 0 Å². The Morgan fingerprint density at radius 1 is 1.14 bits per heavy atom. The van der Waals surface area contributed by atoms with Crippen molar-refractivity contribution in [1.82, 2.24) is 5.32 Å². The molecule has 0 fully saturated rings. The second-order valence-electron chi connectivity index (χ2n) is 5.86. The van der Waals surface area contributed by atoms with Crippen LogP contribution in [0.15, 0.2) is 48.5 Å². The van der Waals surface area contributed by atoms with Crippen molar-refractivity contribution in [3.63, 3.8) is 0 Å². The number of benzene rings is 2. The lowest BCUT2D eigenvalue weighted by Crippen LogP contribution is -2.29. The van der Waals surface area contributed by atoms with E-state index in [1.165, 1.54) is 36.0 Å². The van der Waals surface area contributed by atoms with Crippen LogP contribution in [0.2, 0.25) is 0 Å². The van der Waals surface area contributed by atoms with E-state index in [4.69, 9.17) is 0 Å². The van der Waals surface area contributed by atoms with Gasteiger partial charge in [0.2, 0.25) is 0 Å². The molecule has 21 heavy (non-hydrogen) atoms. The van der Waals surface area contributed by atoms with Crippen LogP contribution in [-0.2, 0) is 6.42 Å². The van der Waals surface area contributed by atoms with E-state index in [0.29, 0.717) is 17.8 Å². The fraction of sp³-hybridized carbons (Fsp3) is 0.368. The van der Waals surface area contributed by atoms with E-state index in [2.05, 4.69) is 36.5 Å². The smallest absolute Gasteiger partial charge is 0.115 e. The first-order valence-corrected chi connectivity index (χ1v) is 7.90. The van der Waals surface area contributed by atoms with Gasteiger partial charge in [-0.3, -0.25) is 0 Å². The molecule has 1 aliphatic carbocycles. The van der Waals surface area contributed by atoms with E-state index >= 15 is 0 Å². The fourth-order valence-electron chi connectivity index (χ4n) is 3.33. The summed E-state index contributed by atoms with van der Waals surface area (Å²) in [6.07, 6.45) is 4.69. The lowest BCUT2D eigenvalue weighted by molar-refractivity contribution is 0.393. The number of hydrogen-bond donors (Lipinski definition) is 2. The third-order valence-corrected chi connectivity index (χ3v) is 4.48. The molecule has 110 valence electrons. The lowest BCUT2D eigenvalue weighted by atomic mass is 9.87. The Labute approximate surface area is 126 Å². The molecule has 0 aliphatic heterocycles. The molecule has 0 bridgehead atoms. The monoisotopic (exact) mass is 281 g/mol. The molecular formula is C19H23NO. The van der Waals surface area contributed by atoms with Gasteiger partial charge < -0.3 is 10.4 Å². The minimum atomic E-state index is 0.330. The summed E-state index contributed by atoms with van der Waals surface area (Å²) in [6, 6.07) is 17.1. The van der Waals surface area contributed by atoms with Crippen LogP contribution in [-0.4, -0.2) is 5.11 Å². The van der Waals surface area contributed by atoms with Gasteiger partial charge in [0.25, 0.3) is 0 Å². The molecule has 0 amide bonds. The van der Waals surface area contributed by atoms with Gasteiger partial charge >= 0.3 is 0 Å². The summed E-state index contributed by atoms with van der Waals surface area (Å²) in [6.45, 7) is 2.21. The lowest BCUT2D eigenvalue weighted by Gasteiger charge is -2.30. The summed E-state index contributed by atoms with van der Waals surface area (Å²) in [5.74, 6) is 0.330. The zero-order valence-electron chi connectivity index (χ0n) is 12.5. The molecule has 0 aromatic heterocycles. The van der Waals surface area contributed by atoms with Crippen molar-refractivity contribution >= 4 is 0 Å². The van der Waals surface area contributed by atoms with Gasteiger partial charge in [0.15, 0.2) is 0 Å². The van der Waals surface area contributed by atoms with Crippen molar-refractivity contribution in [2.24, 2.45) is 0 Å².